The molecule has 0 saturated heterocycles. The highest BCUT2D eigenvalue weighted by Crippen LogP contribution is 2.22. The SMILES string of the molecule is CNCCc1ccccc1SCCF. The maximum absolute atomic E-state index is 12.0. The average Bonchev–Trinajstić information content (AvgIpc) is 2.24. The standard InChI is InChI=1S/C11H16FNS/c1-13-8-6-10-4-2-3-5-11(10)14-9-7-12/h2-5,13H,6-9H2,1H3. The Morgan fingerprint density at radius 3 is 2.86 bits per heavy atom. The molecule has 0 amide bonds. The lowest BCUT2D eigenvalue weighted by molar-refractivity contribution is 0.533. The summed E-state index contributed by atoms with van der Waals surface area (Å²) in [6, 6.07) is 8.21. The third-order valence-electron chi connectivity index (χ3n) is 1.95. The fourth-order valence-electron chi connectivity index (χ4n) is 1.26. The van der Waals surface area contributed by atoms with Crippen LogP contribution in [0.2, 0.25) is 0 Å². The molecular weight excluding hydrogens is 197 g/mol. The molecule has 1 aromatic rings. The molecule has 1 aromatic carbocycles. The van der Waals surface area contributed by atoms with E-state index in [1.807, 2.05) is 19.2 Å². The van der Waals surface area contributed by atoms with Gasteiger partial charge >= 0.3 is 0 Å². The highest BCUT2D eigenvalue weighted by atomic mass is 32.2. The normalized spacial score (nSPS) is 10.4. The van der Waals surface area contributed by atoms with E-state index in [2.05, 4.69) is 17.4 Å². The maximum Gasteiger partial charge on any atom is 0.0988 e. The Bertz CT molecular complexity index is 238. The van der Waals surface area contributed by atoms with Gasteiger partial charge in [0.25, 0.3) is 0 Å². The predicted molar refractivity (Wildman–Crippen MR) is 60.8 cm³/mol. The first-order valence-electron chi connectivity index (χ1n) is 4.79. The van der Waals surface area contributed by atoms with Crippen LogP contribution in [0.5, 0.6) is 0 Å². The van der Waals surface area contributed by atoms with Gasteiger partial charge in [0.05, 0.1) is 6.67 Å². The smallest absolute Gasteiger partial charge is 0.0988 e. The minimum Gasteiger partial charge on any atom is -0.319 e. The summed E-state index contributed by atoms with van der Waals surface area (Å²) in [4.78, 5) is 1.21. The van der Waals surface area contributed by atoms with Gasteiger partial charge in [-0.05, 0) is 31.6 Å². The van der Waals surface area contributed by atoms with Gasteiger partial charge in [0.2, 0.25) is 0 Å². The van der Waals surface area contributed by atoms with Crippen LogP contribution < -0.4 is 5.32 Å². The molecule has 14 heavy (non-hydrogen) atoms. The molecule has 0 aliphatic rings. The van der Waals surface area contributed by atoms with Crippen LogP contribution in [0.4, 0.5) is 4.39 Å². The predicted octanol–water partition coefficient (Wildman–Crippen LogP) is 2.51. The van der Waals surface area contributed by atoms with Crippen LogP contribution in [-0.4, -0.2) is 26.0 Å². The zero-order chi connectivity index (χ0) is 10.2. The molecule has 0 fully saturated rings. The number of alkyl halides is 1. The second-order valence-electron chi connectivity index (χ2n) is 3.00. The lowest BCUT2D eigenvalue weighted by Gasteiger charge is -2.07. The number of hydrogen-bond donors (Lipinski definition) is 1. The number of likely N-dealkylation sites (N-methyl/N-ethyl adjacent to an activating group) is 1. The molecule has 0 spiro atoms. The van der Waals surface area contributed by atoms with Gasteiger partial charge in [0, 0.05) is 10.6 Å². The second kappa shape index (κ2) is 6.85. The number of nitrogens with one attached hydrogen (secondary N) is 1. The molecule has 1 N–H and O–H groups in total. The summed E-state index contributed by atoms with van der Waals surface area (Å²) >= 11 is 1.59. The summed E-state index contributed by atoms with van der Waals surface area (Å²) in [5.41, 5.74) is 1.31. The molecule has 0 heterocycles. The summed E-state index contributed by atoms with van der Waals surface area (Å²) in [6.07, 6.45) is 1.01. The van der Waals surface area contributed by atoms with Crippen molar-refractivity contribution in [1.82, 2.24) is 5.32 Å². The molecule has 78 valence electrons. The van der Waals surface area contributed by atoms with Crippen molar-refractivity contribution >= 4 is 11.8 Å². The van der Waals surface area contributed by atoms with Crippen molar-refractivity contribution in [1.29, 1.82) is 0 Å². The summed E-state index contributed by atoms with van der Waals surface area (Å²) in [7, 11) is 1.94. The van der Waals surface area contributed by atoms with E-state index < -0.39 is 0 Å². The third kappa shape index (κ3) is 3.68. The number of rotatable bonds is 6. The van der Waals surface area contributed by atoms with Crippen LogP contribution in [0.1, 0.15) is 5.56 Å². The van der Waals surface area contributed by atoms with Crippen molar-refractivity contribution in [3.8, 4) is 0 Å². The summed E-state index contributed by atoms with van der Waals surface area (Å²) in [5.74, 6) is 0.552. The van der Waals surface area contributed by atoms with Gasteiger partial charge in [-0.2, -0.15) is 0 Å². The fraction of sp³-hybridized carbons (Fsp3) is 0.455. The Morgan fingerprint density at radius 2 is 2.14 bits per heavy atom. The Labute approximate surface area is 89.1 Å². The van der Waals surface area contributed by atoms with E-state index in [1.165, 1.54) is 10.5 Å². The monoisotopic (exact) mass is 213 g/mol. The van der Waals surface area contributed by atoms with E-state index in [1.54, 1.807) is 11.8 Å². The number of thioether (sulfide) groups is 1. The molecule has 0 bridgehead atoms. The van der Waals surface area contributed by atoms with Gasteiger partial charge in [-0.1, -0.05) is 18.2 Å². The van der Waals surface area contributed by atoms with Crippen LogP contribution in [0, 0.1) is 0 Å². The van der Waals surface area contributed by atoms with Crippen LogP contribution in [0.3, 0.4) is 0 Å². The van der Waals surface area contributed by atoms with E-state index in [0.29, 0.717) is 5.75 Å². The van der Waals surface area contributed by atoms with Gasteiger partial charge in [-0.3, -0.25) is 4.39 Å². The zero-order valence-electron chi connectivity index (χ0n) is 8.42. The Hall–Kier alpha value is -0.540. The minimum atomic E-state index is -0.259. The summed E-state index contributed by atoms with van der Waals surface area (Å²) in [6.45, 7) is 0.707. The second-order valence-corrected chi connectivity index (χ2v) is 4.14. The number of hydrogen-bond acceptors (Lipinski definition) is 2. The molecule has 0 atom stereocenters. The zero-order valence-corrected chi connectivity index (χ0v) is 9.24. The fourth-order valence-corrected chi connectivity index (χ4v) is 2.09. The van der Waals surface area contributed by atoms with Crippen molar-refractivity contribution in [2.24, 2.45) is 0 Å². The molecule has 0 aliphatic heterocycles. The van der Waals surface area contributed by atoms with Gasteiger partial charge in [-0.25, -0.2) is 0 Å². The van der Waals surface area contributed by atoms with Gasteiger partial charge in [0.15, 0.2) is 0 Å². The van der Waals surface area contributed by atoms with Crippen molar-refractivity contribution < 1.29 is 4.39 Å². The van der Waals surface area contributed by atoms with E-state index in [4.69, 9.17) is 0 Å². The van der Waals surface area contributed by atoms with Gasteiger partial charge in [-0.15, -0.1) is 11.8 Å². The van der Waals surface area contributed by atoms with Crippen LogP contribution in [-0.2, 0) is 6.42 Å². The largest absolute Gasteiger partial charge is 0.319 e. The van der Waals surface area contributed by atoms with E-state index in [0.717, 1.165) is 13.0 Å². The maximum atomic E-state index is 12.0. The first kappa shape index (κ1) is 11.5. The van der Waals surface area contributed by atoms with Crippen LogP contribution in [0.15, 0.2) is 29.2 Å². The average molecular weight is 213 g/mol. The van der Waals surface area contributed by atoms with Crippen LogP contribution in [0.25, 0.3) is 0 Å². The number of halogens is 1. The van der Waals surface area contributed by atoms with Gasteiger partial charge in [0.1, 0.15) is 0 Å². The highest BCUT2D eigenvalue weighted by molar-refractivity contribution is 7.99. The first-order chi connectivity index (χ1) is 6.88. The van der Waals surface area contributed by atoms with E-state index in [9.17, 15) is 4.39 Å². The van der Waals surface area contributed by atoms with Crippen LogP contribution >= 0.6 is 11.8 Å². The van der Waals surface area contributed by atoms with Gasteiger partial charge < -0.3 is 5.32 Å². The molecule has 0 radical (unpaired) electrons. The van der Waals surface area contributed by atoms with E-state index >= 15 is 0 Å². The first-order valence-corrected chi connectivity index (χ1v) is 5.78. The highest BCUT2D eigenvalue weighted by Gasteiger charge is 2.01. The minimum absolute atomic E-state index is 0.259. The Morgan fingerprint density at radius 1 is 1.36 bits per heavy atom. The molecule has 0 aliphatic carbocycles. The molecule has 1 rings (SSSR count). The molecule has 3 heteroatoms. The summed E-state index contributed by atoms with van der Waals surface area (Å²) < 4.78 is 12.0. The molecule has 1 nitrogen and oxygen atoms in total. The molecule has 0 unspecified atom stereocenters. The lowest BCUT2D eigenvalue weighted by Crippen LogP contribution is -2.10. The summed E-state index contributed by atoms with van der Waals surface area (Å²) in [5, 5.41) is 3.12. The van der Waals surface area contributed by atoms with Crippen molar-refractivity contribution in [2.75, 3.05) is 26.0 Å². The molecular formula is C11H16FNS. The van der Waals surface area contributed by atoms with Crippen molar-refractivity contribution in [3.05, 3.63) is 29.8 Å². The Balaban J connectivity index is 2.60. The molecule has 0 saturated carbocycles. The van der Waals surface area contributed by atoms with Crippen molar-refractivity contribution in [2.45, 2.75) is 11.3 Å². The van der Waals surface area contributed by atoms with E-state index in [-0.39, 0.29) is 6.67 Å². The Kier molecular flexibility index (Phi) is 5.64. The topological polar surface area (TPSA) is 12.0 Å². The quantitative estimate of drug-likeness (QED) is 0.729. The lowest BCUT2D eigenvalue weighted by atomic mass is 10.1. The number of benzene rings is 1. The molecule has 0 aromatic heterocycles. The van der Waals surface area contributed by atoms with Crippen molar-refractivity contribution in [3.63, 3.8) is 0 Å². The third-order valence-corrected chi connectivity index (χ3v) is 3.02.